The zero-order valence-electron chi connectivity index (χ0n) is 9.55. The summed E-state index contributed by atoms with van der Waals surface area (Å²) in [5.74, 6) is 1.80. The van der Waals surface area contributed by atoms with Gasteiger partial charge in [-0.25, -0.2) is 4.68 Å². The fraction of sp³-hybridized carbons (Fsp3) is 0.727. The van der Waals surface area contributed by atoms with E-state index in [-0.39, 0.29) is 0 Å². The van der Waals surface area contributed by atoms with E-state index < -0.39 is 0 Å². The van der Waals surface area contributed by atoms with Crippen LogP contribution in [0.4, 0.5) is 5.82 Å². The van der Waals surface area contributed by atoms with E-state index in [0.29, 0.717) is 12.0 Å². The quantitative estimate of drug-likeness (QED) is 0.895. The van der Waals surface area contributed by atoms with Gasteiger partial charge in [-0.15, -0.1) is 0 Å². The second kappa shape index (κ2) is 4.16. The predicted octanol–water partition coefficient (Wildman–Crippen LogP) is 3.22. The Labute approximate surface area is 99.4 Å². The standard InChI is InChI=1S/C11H18BrN3/c1-4-8-10(12)11-13-6-5-9(7(2)3)15(11)14-8/h7,9,13H,4-6H2,1-3H3. The van der Waals surface area contributed by atoms with Gasteiger partial charge in [0.05, 0.1) is 16.2 Å². The molecule has 1 aliphatic rings. The fourth-order valence-electron chi connectivity index (χ4n) is 2.16. The first kappa shape index (κ1) is 11.0. The van der Waals surface area contributed by atoms with Gasteiger partial charge in [0.15, 0.2) is 0 Å². The van der Waals surface area contributed by atoms with Gasteiger partial charge in [-0.1, -0.05) is 20.8 Å². The van der Waals surface area contributed by atoms with Crippen LogP contribution >= 0.6 is 15.9 Å². The summed E-state index contributed by atoms with van der Waals surface area (Å²) in [5, 5.41) is 8.10. The van der Waals surface area contributed by atoms with Gasteiger partial charge in [-0.2, -0.15) is 5.10 Å². The molecular weight excluding hydrogens is 254 g/mol. The van der Waals surface area contributed by atoms with Gasteiger partial charge in [0.1, 0.15) is 5.82 Å². The molecule has 0 amide bonds. The Balaban J connectivity index is 2.43. The van der Waals surface area contributed by atoms with Crippen LogP contribution in [-0.2, 0) is 6.42 Å². The molecule has 0 bridgehead atoms. The first-order valence-corrected chi connectivity index (χ1v) is 6.45. The summed E-state index contributed by atoms with van der Waals surface area (Å²) in [6.45, 7) is 7.72. The number of hydrogen-bond acceptors (Lipinski definition) is 2. The molecule has 0 saturated carbocycles. The zero-order valence-corrected chi connectivity index (χ0v) is 11.1. The number of nitrogens with one attached hydrogen (secondary N) is 1. The Kier molecular flexibility index (Phi) is 3.05. The molecule has 0 radical (unpaired) electrons. The maximum Gasteiger partial charge on any atom is 0.139 e. The number of nitrogens with zero attached hydrogens (tertiary/aromatic N) is 2. The molecule has 1 unspecified atom stereocenters. The molecule has 4 heteroatoms. The Hall–Kier alpha value is -0.510. The third-order valence-corrected chi connectivity index (χ3v) is 3.90. The van der Waals surface area contributed by atoms with E-state index in [1.165, 1.54) is 6.42 Å². The Morgan fingerprint density at radius 1 is 1.60 bits per heavy atom. The first-order valence-electron chi connectivity index (χ1n) is 5.65. The molecule has 1 N–H and O–H groups in total. The lowest BCUT2D eigenvalue weighted by Crippen LogP contribution is -2.27. The normalized spacial score (nSPS) is 20.2. The Morgan fingerprint density at radius 2 is 2.33 bits per heavy atom. The molecule has 0 aromatic carbocycles. The predicted molar refractivity (Wildman–Crippen MR) is 66.3 cm³/mol. The van der Waals surface area contributed by atoms with Crippen molar-refractivity contribution in [2.45, 2.75) is 39.7 Å². The van der Waals surface area contributed by atoms with Gasteiger partial charge < -0.3 is 5.32 Å². The minimum Gasteiger partial charge on any atom is -0.369 e. The Bertz CT molecular complexity index is 357. The average Bonchev–Trinajstić information content (AvgIpc) is 2.55. The van der Waals surface area contributed by atoms with Crippen LogP contribution in [0.1, 0.15) is 38.9 Å². The summed E-state index contributed by atoms with van der Waals surface area (Å²) in [6, 6.07) is 0.540. The van der Waals surface area contributed by atoms with E-state index >= 15 is 0 Å². The van der Waals surface area contributed by atoms with Crippen LogP contribution in [0.3, 0.4) is 0 Å². The summed E-state index contributed by atoms with van der Waals surface area (Å²) >= 11 is 3.63. The van der Waals surface area contributed by atoms with Crippen molar-refractivity contribution in [3.8, 4) is 0 Å². The van der Waals surface area contributed by atoms with Crippen molar-refractivity contribution >= 4 is 21.7 Å². The highest BCUT2D eigenvalue weighted by Crippen LogP contribution is 2.35. The first-order chi connectivity index (χ1) is 7.15. The molecule has 3 nitrogen and oxygen atoms in total. The smallest absolute Gasteiger partial charge is 0.139 e. The Morgan fingerprint density at radius 3 is 2.93 bits per heavy atom. The molecule has 1 aromatic rings. The largest absolute Gasteiger partial charge is 0.369 e. The van der Waals surface area contributed by atoms with Crippen LogP contribution in [0.15, 0.2) is 4.47 Å². The topological polar surface area (TPSA) is 29.9 Å². The van der Waals surface area contributed by atoms with Gasteiger partial charge in [0.2, 0.25) is 0 Å². The summed E-state index contributed by atoms with van der Waals surface area (Å²) in [6.07, 6.45) is 2.15. The zero-order chi connectivity index (χ0) is 11.0. The maximum atomic E-state index is 4.68. The lowest BCUT2D eigenvalue weighted by Gasteiger charge is -2.28. The van der Waals surface area contributed by atoms with E-state index in [0.717, 1.165) is 29.0 Å². The van der Waals surface area contributed by atoms with Gasteiger partial charge in [0, 0.05) is 6.54 Å². The van der Waals surface area contributed by atoms with Crippen molar-refractivity contribution in [2.24, 2.45) is 5.92 Å². The third kappa shape index (κ3) is 1.80. The molecule has 0 aliphatic carbocycles. The molecule has 84 valence electrons. The summed E-state index contributed by atoms with van der Waals surface area (Å²) in [4.78, 5) is 0. The number of halogens is 1. The fourth-order valence-corrected chi connectivity index (χ4v) is 2.84. The van der Waals surface area contributed by atoms with Crippen molar-refractivity contribution in [1.82, 2.24) is 9.78 Å². The highest BCUT2D eigenvalue weighted by molar-refractivity contribution is 9.10. The number of aromatic nitrogens is 2. The monoisotopic (exact) mass is 271 g/mol. The van der Waals surface area contributed by atoms with Crippen LogP contribution in [0, 0.1) is 5.92 Å². The van der Waals surface area contributed by atoms with E-state index in [4.69, 9.17) is 0 Å². The minimum absolute atomic E-state index is 0.540. The lowest BCUT2D eigenvalue weighted by molar-refractivity contribution is 0.321. The van der Waals surface area contributed by atoms with Crippen molar-refractivity contribution in [1.29, 1.82) is 0 Å². The average molecular weight is 272 g/mol. The molecular formula is C11H18BrN3. The molecule has 0 spiro atoms. The van der Waals surface area contributed by atoms with Gasteiger partial charge in [-0.3, -0.25) is 0 Å². The summed E-state index contributed by atoms with van der Waals surface area (Å²) in [5.41, 5.74) is 1.16. The molecule has 15 heavy (non-hydrogen) atoms. The van der Waals surface area contributed by atoms with Crippen LogP contribution < -0.4 is 5.32 Å². The third-order valence-electron chi connectivity index (χ3n) is 3.07. The molecule has 0 saturated heterocycles. The van der Waals surface area contributed by atoms with Gasteiger partial charge in [0.25, 0.3) is 0 Å². The molecule has 2 rings (SSSR count). The second-order valence-corrected chi connectivity index (χ2v) is 5.23. The summed E-state index contributed by atoms with van der Waals surface area (Å²) in [7, 11) is 0. The van der Waals surface area contributed by atoms with E-state index in [9.17, 15) is 0 Å². The number of rotatable bonds is 2. The number of aryl methyl sites for hydroxylation is 1. The molecule has 1 aromatic heterocycles. The summed E-state index contributed by atoms with van der Waals surface area (Å²) < 4.78 is 3.31. The molecule has 0 fully saturated rings. The van der Waals surface area contributed by atoms with Crippen LogP contribution in [0.5, 0.6) is 0 Å². The van der Waals surface area contributed by atoms with Crippen LogP contribution in [0.25, 0.3) is 0 Å². The number of anilines is 1. The van der Waals surface area contributed by atoms with E-state index in [1.54, 1.807) is 0 Å². The SMILES string of the molecule is CCc1nn2c(c1Br)NCCC2C(C)C. The van der Waals surface area contributed by atoms with E-state index in [2.05, 4.69) is 51.8 Å². The van der Waals surface area contributed by atoms with Gasteiger partial charge >= 0.3 is 0 Å². The lowest BCUT2D eigenvalue weighted by atomic mass is 10.00. The van der Waals surface area contributed by atoms with Crippen molar-refractivity contribution in [3.05, 3.63) is 10.2 Å². The minimum atomic E-state index is 0.540. The highest BCUT2D eigenvalue weighted by Gasteiger charge is 2.26. The van der Waals surface area contributed by atoms with E-state index in [1.807, 2.05) is 0 Å². The van der Waals surface area contributed by atoms with Crippen molar-refractivity contribution in [3.63, 3.8) is 0 Å². The number of fused-ring (bicyclic) bond motifs is 1. The second-order valence-electron chi connectivity index (χ2n) is 4.43. The number of hydrogen-bond donors (Lipinski definition) is 1. The molecule has 1 aliphatic heterocycles. The van der Waals surface area contributed by atoms with Crippen LogP contribution in [0.2, 0.25) is 0 Å². The molecule has 1 atom stereocenters. The van der Waals surface area contributed by atoms with Crippen LogP contribution in [-0.4, -0.2) is 16.3 Å². The maximum absolute atomic E-state index is 4.68. The highest BCUT2D eigenvalue weighted by atomic mass is 79.9. The molecule has 2 heterocycles. The van der Waals surface area contributed by atoms with Crippen molar-refractivity contribution in [2.75, 3.05) is 11.9 Å². The van der Waals surface area contributed by atoms with Gasteiger partial charge in [-0.05, 0) is 34.7 Å². The van der Waals surface area contributed by atoms with Crippen molar-refractivity contribution < 1.29 is 0 Å².